The Bertz CT molecular complexity index is 1050. The fraction of sp³-hybridized carbons (Fsp3) is 0.238. The molecule has 0 spiro atoms. The van der Waals surface area contributed by atoms with E-state index in [1.54, 1.807) is 6.92 Å². The van der Waals surface area contributed by atoms with Crippen molar-refractivity contribution in [3.8, 4) is 11.5 Å². The van der Waals surface area contributed by atoms with Crippen molar-refractivity contribution in [1.29, 1.82) is 0 Å². The van der Waals surface area contributed by atoms with Crippen molar-refractivity contribution in [2.75, 3.05) is 5.32 Å². The number of rotatable bonds is 7. The highest BCUT2D eigenvalue weighted by molar-refractivity contribution is 6.04. The molecule has 0 aliphatic heterocycles. The van der Waals surface area contributed by atoms with Crippen molar-refractivity contribution < 1.29 is 32.0 Å². The van der Waals surface area contributed by atoms with Gasteiger partial charge < -0.3 is 19.3 Å². The summed E-state index contributed by atoms with van der Waals surface area (Å²) in [5.74, 6) is -1.05. The van der Waals surface area contributed by atoms with Gasteiger partial charge in [0.15, 0.2) is 11.4 Å². The van der Waals surface area contributed by atoms with Crippen LogP contribution >= 0.6 is 0 Å². The molecule has 0 saturated carbocycles. The van der Waals surface area contributed by atoms with Gasteiger partial charge in [-0.15, -0.1) is 0 Å². The van der Waals surface area contributed by atoms with Crippen LogP contribution in [0.5, 0.6) is 11.5 Å². The molecule has 9 heteroatoms. The minimum Gasteiger partial charge on any atom is -0.489 e. The summed E-state index contributed by atoms with van der Waals surface area (Å²) in [7, 11) is 0. The number of hydrogen-bond acceptors (Lipinski definition) is 5. The van der Waals surface area contributed by atoms with Crippen LogP contribution in [0.2, 0.25) is 0 Å². The Morgan fingerprint density at radius 1 is 1.13 bits per heavy atom. The SMILES string of the molecule is Cc1cc(C)cc(OCc2c(C(=O)Nc3ccc(F)cc3OC(F)F)noc2C)c1. The predicted molar refractivity (Wildman–Crippen MR) is 102 cm³/mol. The summed E-state index contributed by atoms with van der Waals surface area (Å²) in [5.41, 5.74) is 2.22. The van der Waals surface area contributed by atoms with Crippen LogP contribution < -0.4 is 14.8 Å². The van der Waals surface area contributed by atoms with Crippen LogP contribution in [0.1, 0.15) is 32.9 Å². The average molecular weight is 420 g/mol. The molecule has 3 rings (SSSR count). The lowest BCUT2D eigenvalue weighted by atomic mass is 10.1. The Kier molecular flexibility index (Phi) is 6.29. The third kappa shape index (κ3) is 5.11. The van der Waals surface area contributed by atoms with Crippen LogP contribution in [0.4, 0.5) is 18.9 Å². The molecule has 0 bridgehead atoms. The molecule has 0 atom stereocenters. The average Bonchev–Trinajstić information content (AvgIpc) is 3.01. The second-order valence-electron chi connectivity index (χ2n) is 6.65. The highest BCUT2D eigenvalue weighted by Gasteiger charge is 2.22. The van der Waals surface area contributed by atoms with Crippen LogP contribution in [0, 0.1) is 26.6 Å². The monoisotopic (exact) mass is 420 g/mol. The van der Waals surface area contributed by atoms with Gasteiger partial charge in [0.2, 0.25) is 0 Å². The van der Waals surface area contributed by atoms with Crippen molar-refractivity contribution in [3.05, 3.63) is 70.4 Å². The third-order valence-electron chi connectivity index (χ3n) is 4.19. The topological polar surface area (TPSA) is 73.6 Å². The summed E-state index contributed by atoms with van der Waals surface area (Å²) in [6.07, 6.45) is 0. The number of aryl methyl sites for hydroxylation is 3. The minimum absolute atomic E-state index is 0.00475. The fourth-order valence-electron chi connectivity index (χ4n) is 2.89. The summed E-state index contributed by atoms with van der Waals surface area (Å²) in [5, 5.41) is 6.12. The molecular weight excluding hydrogens is 401 g/mol. The van der Waals surface area contributed by atoms with E-state index in [2.05, 4.69) is 15.2 Å². The Hall–Kier alpha value is -3.49. The standard InChI is InChI=1S/C21H19F3N2O4/c1-11-6-12(2)8-15(7-11)28-10-16-13(3)30-26-19(16)20(27)25-17-5-4-14(22)9-18(17)29-21(23)24/h4-9,21H,10H2,1-3H3,(H,25,27). The quantitative estimate of drug-likeness (QED) is 0.571. The lowest BCUT2D eigenvalue weighted by Gasteiger charge is -2.12. The largest absolute Gasteiger partial charge is 0.489 e. The maximum atomic E-state index is 13.4. The molecule has 0 aliphatic carbocycles. The number of nitrogens with zero attached hydrogens (tertiary/aromatic N) is 1. The lowest BCUT2D eigenvalue weighted by Crippen LogP contribution is -2.17. The summed E-state index contributed by atoms with van der Waals surface area (Å²) in [6, 6.07) is 8.57. The first-order valence-corrected chi connectivity index (χ1v) is 8.95. The first kappa shape index (κ1) is 21.2. The fourth-order valence-corrected chi connectivity index (χ4v) is 2.89. The molecular formula is C21H19F3N2O4. The summed E-state index contributed by atoms with van der Waals surface area (Å²) in [4.78, 5) is 12.7. The van der Waals surface area contributed by atoms with Crippen molar-refractivity contribution in [1.82, 2.24) is 5.16 Å². The van der Waals surface area contributed by atoms with E-state index in [1.807, 2.05) is 32.0 Å². The van der Waals surface area contributed by atoms with Crippen LogP contribution in [-0.2, 0) is 6.61 Å². The molecule has 30 heavy (non-hydrogen) atoms. The second kappa shape index (κ2) is 8.89. The number of amides is 1. The maximum absolute atomic E-state index is 13.4. The minimum atomic E-state index is -3.18. The Morgan fingerprint density at radius 3 is 2.50 bits per heavy atom. The molecule has 2 aromatic carbocycles. The molecule has 1 N–H and O–H groups in total. The van der Waals surface area contributed by atoms with E-state index >= 15 is 0 Å². The number of benzene rings is 2. The van der Waals surface area contributed by atoms with E-state index < -0.39 is 24.1 Å². The molecule has 1 aromatic heterocycles. The summed E-state index contributed by atoms with van der Waals surface area (Å²) < 4.78 is 53.7. The normalized spacial score (nSPS) is 10.9. The van der Waals surface area contributed by atoms with Crippen molar-refractivity contribution >= 4 is 11.6 Å². The first-order valence-electron chi connectivity index (χ1n) is 8.95. The van der Waals surface area contributed by atoms with E-state index in [1.165, 1.54) is 0 Å². The molecule has 1 amide bonds. The summed E-state index contributed by atoms with van der Waals surface area (Å²) >= 11 is 0. The number of carbonyl (C=O) groups is 1. The zero-order chi connectivity index (χ0) is 21.8. The van der Waals surface area contributed by atoms with E-state index in [-0.39, 0.29) is 18.0 Å². The van der Waals surface area contributed by atoms with Gasteiger partial charge in [-0.1, -0.05) is 11.2 Å². The molecule has 0 unspecified atom stereocenters. The Morgan fingerprint density at radius 2 is 1.83 bits per heavy atom. The lowest BCUT2D eigenvalue weighted by molar-refractivity contribution is -0.0495. The van der Waals surface area contributed by atoms with Gasteiger partial charge in [-0.05, 0) is 56.2 Å². The Labute approximate surface area is 170 Å². The molecule has 6 nitrogen and oxygen atoms in total. The van der Waals surface area contributed by atoms with Gasteiger partial charge >= 0.3 is 6.61 Å². The summed E-state index contributed by atoms with van der Waals surface area (Å²) in [6.45, 7) is 2.31. The van der Waals surface area contributed by atoms with Crippen LogP contribution in [0.3, 0.4) is 0 Å². The Balaban J connectivity index is 1.80. The number of aromatic nitrogens is 1. The third-order valence-corrected chi connectivity index (χ3v) is 4.19. The maximum Gasteiger partial charge on any atom is 0.387 e. The van der Waals surface area contributed by atoms with E-state index in [4.69, 9.17) is 9.26 Å². The van der Waals surface area contributed by atoms with Gasteiger partial charge in [-0.2, -0.15) is 8.78 Å². The van der Waals surface area contributed by atoms with E-state index in [0.717, 1.165) is 29.3 Å². The number of halogens is 3. The van der Waals surface area contributed by atoms with Gasteiger partial charge in [-0.3, -0.25) is 4.79 Å². The molecule has 0 saturated heterocycles. The second-order valence-corrected chi connectivity index (χ2v) is 6.65. The molecule has 3 aromatic rings. The molecule has 158 valence electrons. The first-order chi connectivity index (χ1) is 14.2. The smallest absolute Gasteiger partial charge is 0.387 e. The van der Waals surface area contributed by atoms with Gasteiger partial charge in [-0.25, -0.2) is 4.39 Å². The van der Waals surface area contributed by atoms with Gasteiger partial charge in [0.1, 0.15) is 23.9 Å². The van der Waals surface area contributed by atoms with Crippen LogP contribution in [0.15, 0.2) is 40.9 Å². The zero-order valence-electron chi connectivity index (χ0n) is 16.5. The highest BCUT2D eigenvalue weighted by Crippen LogP contribution is 2.28. The number of ether oxygens (including phenoxy) is 2. The van der Waals surface area contributed by atoms with Crippen LogP contribution in [0.25, 0.3) is 0 Å². The molecule has 0 radical (unpaired) electrons. The predicted octanol–water partition coefficient (Wildman–Crippen LogP) is 5.17. The van der Waals surface area contributed by atoms with E-state index in [0.29, 0.717) is 17.1 Å². The van der Waals surface area contributed by atoms with Crippen molar-refractivity contribution in [3.63, 3.8) is 0 Å². The molecule has 1 heterocycles. The molecule has 0 fully saturated rings. The number of alkyl halides is 2. The van der Waals surface area contributed by atoms with Crippen LogP contribution in [-0.4, -0.2) is 17.7 Å². The molecule has 0 aliphatic rings. The number of nitrogens with one attached hydrogen (secondary N) is 1. The van der Waals surface area contributed by atoms with Gasteiger partial charge in [0.05, 0.1) is 11.3 Å². The van der Waals surface area contributed by atoms with Crippen molar-refractivity contribution in [2.24, 2.45) is 0 Å². The van der Waals surface area contributed by atoms with E-state index in [9.17, 15) is 18.0 Å². The zero-order valence-corrected chi connectivity index (χ0v) is 16.5. The number of anilines is 1. The number of carbonyl (C=O) groups excluding carboxylic acids is 1. The van der Waals surface area contributed by atoms with Gasteiger partial charge in [0.25, 0.3) is 5.91 Å². The van der Waals surface area contributed by atoms with Crippen molar-refractivity contribution in [2.45, 2.75) is 34.0 Å². The highest BCUT2D eigenvalue weighted by atomic mass is 19.3. The number of hydrogen-bond donors (Lipinski definition) is 1. The van der Waals surface area contributed by atoms with Gasteiger partial charge in [0, 0.05) is 6.07 Å².